The number of benzene rings is 3. The number of rotatable bonds is 10. The first-order valence-corrected chi connectivity index (χ1v) is 13.0. The van der Waals surface area contributed by atoms with Crippen LogP contribution < -0.4 is 48.9 Å². The predicted molar refractivity (Wildman–Crippen MR) is 140 cm³/mol. The average Bonchev–Trinajstić information content (AvgIpc) is 3.59. The molecule has 3 aromatic carbocycles. The van der Waals surface area contributed by atoms with Crippen LogP contribution >= 0.6 is 0 Å². The number of aliphatic carboxylic acids is 1. The van der Waals surface area contributed by atoms with Crippen LogP contribution in [0.15, 0.2) is 48.5 Å². The Hall–Kier alpha value is -2.55. The standard InChI is InChI=1S/C31H34O7.Na/c1-18-11-24(37-17-22(33)15-32)12-19(2)30(18)25-6-4-5-21(20(25)3)16-36-23-7-8-26-27(14-29(34)35)31(9-10-31)38-28(26)13-23;/h4-8,11-13,22,27,32-33H,9-10,14-17H2,1-3H3,(H,34,35);/q;+1/p-1/t22-,27?;/m0./s1. The predicted octanol–water partition coefficient (Wildman–Crippen LogP) is 0.742. The molecule has 1 unspecified atom stereocenters. The van der Waals surface area contributed by atoms with Crippen LogP contribution in [0.3, 0.4) is 0 Å². The van der Waals surface area contributed by atoms with E-state index in [-0.39, 0.29) is 60.7 Å². The van der Waals surface area contributed by atoms with Crippen molar-refractivity contribution in [1.29, 1.82) is 0 Å². The molecule has 1 saturated carbocycles. The van der Waals surface area contributed by atoms with Crippen LogP contribution in [-0.2, 0) is 11.4 Å². The van der Waals surface area contributed by atoms with Crippen LogP contribution in [0.4, 0.5) is 0 Å². The van der Waals surface area contributed by atoms with E-state index in [0.717, 1.165) is 51.8 Å². The second kappa shape index (κ2) is 11.9. The third-order valence-electron chi connectivity index (χ3n) is 7.69. The maximum atomic E-state index is 11.3. The molecule has 1 aliphatic heterocycles. The summed E-state index contributed by atoms with van der Waals surface area (Å²) in [5.41, 5.74) is 7.04. The van der Waals surface area contributed by atoms with Crippen LogP contribution in [0.5, 0.6) is 17.2 Å². The van der Waals surface area contributed by atoms with Crippen LogP contribution in [0.25, 0.3) is 11.1 Å². The molecular formula is C31H33NaO7. The largest absolute Gasteiger partial charge is 1.00 e. The quantitative estimate of drug-likeness (QED) is 0.366. The summed E-state index contributed by atoms with van der Waals surface area (Å²) in [6.07, 6.45) is 0.775. The number of hydrogen-bond donors (Lipinski definition) is 2. The number of hydrogen-bond acceptors (Lipinski definition) is 7. The Morgan fingerprint density at radius 2 is 1.79 bits per heavy atom. The molecular weight excluding hydrogens is 507 g/mol. The first-order valence-electron chi connectivity index (χ1n) is 13.0. The number of carboxylic acid groups (broad SMARTS) is 1. The van der Waals surface area contributed by atoms with Crippen molar-refractivity contribution in [1.82, 2.24) is 0 Å². The Balaban J connectivity index is 0.00000353. The second-order valence-electron chi connectivity index (χ2n) is 10.5. The van der Waals surface area contributed by atoms with Crippen molar-refractivity contribution in [3.63, 3.8) is 0 Å². The molecule has 1 aliphatic carbocycles. The smallest absolute Gasteiger partial charge is 0.550 e. The van der Waals surface area contributed by atoms with E-state index in [0.29, 0.717) is 23.9 Å². The number of aliphatic hydroxyl groups excluding tert-OH is 2. The topological polar surface area (TPSA) is 108 Å². The summed E-state index contributed by atoms with van der Waals surface area (Å²) < 4.78 is 18.0. The summed E-state index contributed by atoms with van der Waals surface area (Å²) in [6.45, 7) is 6.22. The first-order chi connectivity index (χ1) is 18.2. The Morgan fingerprint density at radius 3 is 2.44 bits per heavy atom. The molecule has 2 N–H and O–H groups in total. The number of carbonyl (C=O) groups is 1. The number of carboxylic acids is 1. The van der Waals surface area contributed by atoms with Gasteiger partial charge in [-0.3, -0.25) is 0 Å². The summed E-state index contributed by atoms with van der Waals surface area (Å²) >= 11 is 0. The van der Waals surface area contributed by atoms with Gasteiger partial charge < -0.3 is 34.3 Å². The molecule has 5 rings (SSSR count). The third kappa shape index (κ3) is 6.13. The van der Waals surface area contributed by atoms with Gasteiger partial charge in [0.15, 0.2) is 0 Å². The van der Waals surface area contributed by atoms with Crippen molar-refractivity contribution in [2.75, 3.05) is 13.2 Å². The summed E-state index contributed by atoms with van der Waals surface area (Å²) in [5, 5.41) is 29.9. The second-order valence-corrected chi connectivity index (χ2v) is 10.5. The van der Waals surface area contributed by atoms with Crippen molar-refractivity contribution in [2.24, 2.45) is 0 Å². The summed E-state index contributed by atoms with van der Waals surface area (Å²) in [4.78, 5) is 11.3. The van der Waals surface area contributed by atoms with E-state index in [4.69, 9.17) is 19.3 Å². The number of ether oxygens (including phenoxy) is 3. The molecule has 8 heteroatoms. The Kier molecular flexibility index (Phi) is 8.98. The maximum absolute atomic E-state index is 11.3. The van der Waals surface area contributed by atoms with Gasteiger partial charge in [0.25, 0.3) is 0 Å². The van der Waals surface area contributed by atoms with E-state index in [9.17, 15) is 15.0 Å². The van der Waals surface area contributed by atoms with E-state index in [1.54, 1.807) is 0 Å². The molecule has 0 radical (unpaired) electrons. The minimum Gasteiger partial charge on any atom is -0.550 e. The van der Waals surface area contributed by atoms with Gasteiger partial charge in [0, 0.05) is 23.5 Å². The molecule has 2 aliphatic rings. The fraction of sp³-hybridized carbons (Fsp3) is 0.387. The van der Waals surface area contributed by atoms with Crippen molar-refractivity contribution in [3.8, 4) is 28.4 Å². The number of aliphatic hydroxyl groups is 2. The van der Waals surface area contributed by atoms with Gasteiger partial charge in [0.2, 0.25) is 0 Å². The van der Waals surface area contributed by atoms with Gasteiger partial charge in [0.05, 0.1) is 6.61 Å². The third-order valence-corrected chi connectivity index (χ3v) is 7.69. The SMILES string of the molecule is Cc1cc(OC[C@@H](O)CO)cc(C)c1-c1cccc(COc2ccc3c(c2)OC2(CC2)C3CC(=O)[O-])c1C.[Na+]. The van der Waals surface area contributed by atoms with Crippen LogP contribution in [0.2, 0.25) is 0 Å². The number of aryl methyl sites for hydroxylation is 2. The van der Waals surface area contributed by atoms with Crippen LogP contribution in [0, 0.1) is 20.8 Å². The molecule has 0 bridgehead atoms. The zero-order valence-electron chi connectivity index (χ0n) is 23.0. The van der Waals surface area contributed by atoms with Gasteiger partial charge in [-0.15, -0.1) is 0 Å². The molecule has 1 heterocycles. The van der Waals surface area contributed by atoms with E-state index in [1.807, 2.05) is 50.2 Å². The molecule has 1 fully saturated rings. The minimum absolute atomic E-state index is 0. The molecule has 3 aromatic rings. The van der Waals surface area contributed by atoms with E-state index in [1.165, 1.54) is 0 Å². The van der Waals surface area contributed by atoms with Crippen molar-refractivity contribution >= 4 is 5.97 Å². The van der Waals surface area contributed by atoms with Gasteiger partial charge in [-0.1, -0.05) is 24.3 Å². The molecule has 200 valence electrons. The Bertz CT molecular complexity index is 1340. The van der Waals surface area contributed by atoms with Crippen molar-refractivity contribution in [2.45, 2.75) is 64.3 Å². The van der Waals surface area contributed by atoms with E-state index < -0.39 is 12.1 Å². The maximum Gasteiger partial charge on any atom is 1.00 e. The Labute approximate surface area is 251 Å². The van der Waals surface area contributed by atoms with E-state index >= 15 is 0 Å². The van der Waals surface area contributed by atoms with Crippen molar-refractivity contribution < 1.29 is 63.9 Å². The molecule has 2 atom stereocenters. The number of fused-ring (bicyclic) bond motifs is 1. The fourth-order valence-electron chi connectivity index (χ4n) is 5.54. The summed E-state index contributed by atoms with van der Waals surface area (Å²) in [5.74, 6) is 0.816. The average molecular weight is 541 g/mol. The fourth-order valence-corrected chi connectivity index (χ4v) is 5.54. The molecule has 7 nitrogen and oxygen atoms in total. The van der Waals surface area contributed by atoms with Crippen LogP contribution in [0.1, 0.15) is 53.0 Å². The molecule has 0 amide bonds. The van der Waals surface area contributed by atoms with Gasteiger partial charge in [-0.2, -0.15) is 0 Å². The zero-order chi connectivity index (χ0) is 27.0. The van der Waals surface area contributed by atoms with Gasteiger partial charge in [-0.05, 0) is 91.6 Å². The summed E-state index contributed by atoms with van der Waals surface area (Å²) in [7, 11) is 0. The first kappa shape index (κ1) is 29.4. The molecule has 39 heavy (non-hydrogen) atoms. The summed E-state index contributed by atoms with van der Waals surface area (Å²) in [6, 6.07) is 15.7. The van der Waals surface area contributed by atoms with Crippen LogP contribution in [-0.4, -0.2) is 41.1 Å². The zero-order valence-corrected chi connectivity index (χ0v) is 25.0. The normalized spacial score (nSPS) is 17.1. The molecule has 0 saturated heterocycles. The van der Waals surface area contributed by atoms with Gasteiger partial charge in [-0.25, -0.2) is 0 Å². The monoisotopic (exact) mass is 540 g/mol. The molecule has 0 aromatic heterocycles. The van der Waals surface area contributed by atoms with Crippen molar-refractivity contribution in [3.05, 3.63) is 76.3 Å². The number of carbonyl (C=O) groups excluding carboxylic acids is 1. The van der Waals surface area contributed by atoms with Gasteiger partial charge >= 0.3 is 29.6 Å². The van der Waals surface area contributed by atoms with E-state index in [2.05, 4.69) is 19.1 Å². The molecule has 1 spiro atoms. The van der Waals surface area contributed by atoms with Gasteiger partial charge in [0.1, 0.15) is 42.2 Å². The Morgan fingerprint density at radius 1 is 1.08 bits per heavy atom. The minimum atomic E-state index is -1.05.